The number of aromatic amines is 1. The molecule has 4 rings (SSSR count). The number of benzene rings is 1. The molecule has 3 heterocycles. The predicted molar refractivity (Wildman–Crippen MR) is 95.8 cm³/mol. The van der Waals surface area contributed by atoms with Crippen molar-refractivity contribution in [3.63, 3.8) is 0 Å². The lowest BCUT2D eigenvalue weighted by atomic mass is 10.2. The monoisotopic (exact) mass is 323 g/mol. The van der Waals surface area contributed by atoms with E-state index in [2.05, 4.69) is 43.7 Å². The molecule has 1 saturated heterocycles. The van der Waals surface area contributed by atoms with Crippen molar-refractivity contribution in [2.24, 2.45) is 0 Å². The average molecular weight is 323 g/mol. The quantitative estimate of drug-likeness (QED) is 0.685. The summed E-state index contributed by atoms with van der Waals surface area (Å²) in [7, 11) is 0. The van der Waals surface area contributed by atoms with Gasteiger partial charge in [-0.1, -0.05) is 0 Å². The van der Waals surface area contributed by atoms with Crippen molar-refractivity contribution >= 4 is 28.4 Å². The van der Waals surface area contributed by atoms with Crippen LogP contribution in [0.15, 0.2) is 30.5 Å². The Labute approximate surface area is 140 Å². The Balaban J connectivity index is 1.60. The molecule has 2 aromatic heterocycles. The lowest BCUT2D eigenvalue weighted by Gasteiger charge is -2.32. The van der Waals surface area contributed by atoms with E-state index in [4.69, 9.17) is 4.98 Å². The molecule has 0 radical (unpaired) electrons. The topological polar surface area (TPSA) is 81.8 Å². The fourth-order valence-corrected chi connectivity index (χ4v) is 3.04. The first-order valence-corrected chi connectivity index (χ1v) is 8.21. The van der Waals surface area contributed by atoms with E-state index in [1.807, 2.05) is 31.3 Å². The van der Waals surface area contributed by atoms with E-state index in [1.165, 1.54) is 0 Å². The van der Waals surface area contributed by atoms with Gasteiger partial charge in [0.05, 0.1) is 11.7 Å². The highest BCUT2D eigenvalue weighted by molar-refractivity contribution is 5.82. The fraction of sp³-hybridized carbons (Fsp3) is 0.353. The van der Waals surface area contributed by atoms with Gasteiger partial charge in [-0.05, 0) is 32.0 Å². The van der Waals surface area contributed by atoms with Crippen LogP contribution in [0.4, 0.5) is 17.5 Å². The van der Waals surface area contributed by atoms with Gasteiger partial charge in [-0.25, -0.2) is 4.98 Å². The van der Waals surface area contributed by atoms with Gasteiger partial charge in [0.25, 0.3) is 0 Å². The number of aryl methyl sites for hydroxylation is 1. The molecule has 1 atom stereocenters. The number of aromatic nitrogens is 4. The number of hydrogen-bond acceptors (Lipinski definition) is 6. The standard InChI is InChI=1S/C17H21N7/c1-11-7-16(21-14-3-4-15-13(8-14)9-19-23-15)22-17(20-11)24-6-5-18-12(2)10-24/h3-4,7-9,12,18H,5-6,10H2,1-2H3,(H,19,23)(H,20,21,22). The molecule has 1 unspecified atom stereocenters. The molecular weight excluding hydrogens is 302 g/mol. The molecule has 3 aromatic rings. The van der Waals surface area contributed by atoms with Gasteiger partial charge in [-0.15, -0.1) is 0 Å². The molecule has 3 N–H and O–H groups in total. The first-order valence-electron chi connectivity index (χ1n) is 8.21. The van der Waals surface area contributed by atoms with Crippen LogP contribution in [0.25, 0.3) is 10.9 Å². The van der Waals surface area contributed by atoms with Gasteiger partial charge in [0, 0.05) is 48.5 Å². The summed E-state index contributed by atoms with van der Waals surface area (Å²) in [4.78, 5) is 11.5. The van der Waals surface area contributed by atoms with Crippen LogP contribution in [0.2, 0.25) is 0 Å². The summed E-state index contributed by atoms with van der Waals surface area (Å²) in [6, 6.07) is 8.50. The van der Waals surface area contributed by atoms with Crippen LogP contribution >= 0.6 is 0 Å². The number of piperazine rings is 1. The van der Waals surface area contributed by atoms with Crippen molar-refractivity contribution in [3.8, 4) is 0 Å². The maximum atomic E-state index is 4.71. The van der Waals surface area contributed by atoms with Gasteiger partial charge in [-0.2, -0.15) is 10.1 Å². The number of hydrogen-bond donors (Lipinski definition) is 3. The minimum Gasteiger partial charge on any atom is -0.340 e. The van der Waals surface area contributed by atoms with E-state index >= 15 is 0 Å². The Bertz CT molecular complexity index is 857. The summed E-state index contributed by atoms with van der Waals surface area (Å²) in [5.41, 5.74) is 2.97. The molecule has 7 nitrogen and oxygen atoms in total. The van der Waals surface area contributed by atoms with Crippen molar-refractivity contribution < 1.29 is 0 Å². The van der Waals surface area contributed by atoms with Crippen LogP contribution in [0.3, 0.4) is 0 Å². The molecular formula is C17H21N7. The van der Waals surface area contributed by atoms with Gasteiger partial charge in [-0.3, -0.25) is 5.10 Å². The molecule has 1 aliphatic heterocycles. The maximum absolute atomic E-state index is 4.71. The summed E-state index contributed by atoms with van der Waals surface area (Å²) in [6.07, 6.45) is 1.82. The lowest BCUT2D eigenvalue weighted by molar-refractivity contribution is 0.479. The van der Waals surface area contributed by atoms with Gasteiger partial charge in [0.15, 0.2) is 0 Å². The maximum Gasteiger partial charge on any atom is 0.227 e. The van der Waals surface area contributed by atoms with E-state index in [9.17, 15) is 0 Å². The number of nitrogens with one attached hydrogen (secondary N) is 3. The molecule has 124 valence electrons. The zero-order chi connectivity index (χ0) is 16.5. The second kappa shape index (κ2) is 6.09. The average Bonchev–Trinajstić information content (AvgIpc) is 3.02. The van der Waals surface area contributed by atoms with E-state index in [1.54, 1.807) is 0 Å². The number of rotatable bonds is 3. The third-order valence-electron chi connectivity index (χ3n) is 4.21. The van der Waals surface area contributed by atoms with Crippen LogP contribution in [0.5, 0.6) is 0 Å². The molecule has 1 fully saturated rings. The van der Waals surface area contributed by atoms with E-state index in [-0.39, 0.29) is 0 Å². The Hall–Kier alpha value is -2.67. The molecule has 0 spiro atoms. The van der Waals surface area contributed by atoms with Crippen LogP contribution < -0.4 is 15.5 Å². The number of H-pyrrole nitrogens is 1. The normalized spacial score (nSPS) is 18.1. The van der Waals surface area contributed by atoms with Crippen LogP contribution in [-0.2, 0) is 0 Å². The largest absolute Gasteiger partial charge is 0.340 e. The molecule has 24 heavy (non-hydrogen) atoms. The van der Waals surface area contributed by atoms with Gasteiger partial charge < -0.3 is 15.5 Å². The van der Waals surface area contributed by atoms with Crippen LogP contribution in [0.1, 0.15) is 12.6 Å². The van der Waals surface area contributed by atoms with Gasteiger partial charge in [0.2, 0.25) is 5.95 Å². The van der Waals surface area contributed by atoms with Gasteiger partial charge >= 0.3 is 0 Å². The number of nitrogens with zero attached hydrogens (tertiary/aromatic N) is 4. The van der Waals surface area contributed by atoms with Crippen LogP contribution in [0, 0.1) is 6.92 Å². The van der Waals surface area contributed by atoms with Crippen molar-refractivity contribution in [2.45, 2.75) is 19.9 Å². The molecule has 7 heteroatoms. The minimum absolute atomic E-state index is 0.447. The van der Waals surface area contributed by atoms with Crippen molar-refractivity contribution in [1.29, 1.82) is 0 Å². The van der Waals surface area contributed by atoms with E-state index in [0.29, 0.717) is 6.04 Å². The molecule has 0 amide bonds. The predicted octanol–water partition coefficient (Wildman–Crippen LogP) is 2.20. The third kappa shape index (κ3) is 3.03. The van der Waals surface area contributed by atoms with Crippen LogP contribution in [-0.4, -0.2) is 45.8 Å². The Morgan fingerprint density at radius 2 is 2.17 bits per heavy atom. The Morgan fingerprint density at radius 3 is 3.04 bits per heavy atom. The lowest BCUT2D eigenvalue weighted by Crippen LogP contribution is -2.49. The highest BCUT2D eigenvalue weighted by atomic mass is 15.3. The number of fused-ring (bicyclic) bond motifs is 1. The highest BCUT2D eigenvalue weighted by Gasteiger charge is 2.18. The van der Waals surface area contributed by atoms with Crippen molar-refractivity contribution in [1.82, 2.24) is 25.5 Å². The SMILES string of the molecule is Cc1cc(Nc2ccc3[nH]ncc3c2)nc(N2CCNC(C)C2)n1. The summed E-state index contributed by atoms with van der Waals surface area (Å²) in [5.74, 6) is 1.60. The molecule has 0 aliphatic carbocycles. The highest BCUT2D eigenvalue weighted by Crippen LogP contribution is 2.22. The summed E-state index contributed by atoms with van der Waals surface area (Å²) in [5, 5.41) is 14.9. The zero-order valence-corrected chi connectivity index (χ0v) is 13.9. The summed E-state index contributed by atoms with van der Waals surface area (Å²) < 4.78 is 0. The van der Waals surface area contributed by atoms with Gasteiger partial charge in [0.1, 0.15) is 5.82 Å². The van der Waals surface area contributed by atoms with Crippen molar-refractivity contribution in [2.75, 3.05) is 29.9 Å². The fourth-order valence-electron chi connectivity index (χ4n) is 3.04. The summed E-state index contributed by atoms with van der Waals surface area (Å²) >= 11 is 0. The molecule has 1 aromatic carbocycles. The first-order chi connectivity index (χ1) is 11.7. The van der Waals surface area contributed by atoms with E-state index < -0.39 is 0 Å². The molecule has 0 bridgehead atoms. The molecule has 1 aliphatic rings. The zero-order valence-electron chi connectivity index (χ0n) is 13.9. The smallest absolute Gasteiger partial charge is 0.227 e. The minimum atomic E-state index is 0.447. The second-order valence-corrected chi connectivity index (χ2v) is 6.29. The van der Waals surface area contributed by atoms with Crippen molar-refractivity contribution in [3.05, 3.63) is 36.2 Å². The number of anilines is 3. The van der Waals surface area contributed by atoms with E-state index in [0.717, 1.165) is 53.7 Å². The first kappa shape index (κ1) is 14.9. The Morgan fingerprint density at radius 1 is 1.25 bits per heavy atom. The second-order valence-electron chi connectivity index (χ2n) is 6.29. The Kier molecular flexibility index (Phi) is 3.78. The molecule has 0 saturated carbocycles. The third-order valence-corrected chi connectivity index (χ3v) is 4.21. The summed E-state index contributed by atoms with van der Waals surface area (Å²) in [6.45, 7) is 6.99.